The Morgan fingerprint density at radius 3 is 2.44 bits per heavy atom. The number of aromatic nitrogens is 1. The molecule has 176 valence electrons. The Morgan fingerprint density at radius 1 is 1.16 bits per heavy atom. The molecule has 2 amide bonds. The molecule has 0 bridgehead atoms. The molecule has 2 aromatic rings. The van der Waals surface area contributed by atoms with E-state index in [1.54, 1.807) is 6.92 Å². The predicted molar refractivity (Wildman–Crippen MR) is 119 cm³/mol. The van der Waals surface area contributed by atoms with Crippen LogP contribution in [0.2, 0.25) is 0 Å². The summed E-state index contributed by atoms with van der Waals surface area (Å²) in [4.78, 5) is 25.9. The van der Waals surface area contributed by atoms with Gasteiger partial charge in [0.1, 0.15) is 23.2 Å². The fraction of sp³-hybridized carbons (Fsp3) is 0.476. The number of ether oxygens (including phenoxy) is 1. The summed E-state index contributed by atoms with van der Waals surface area (Å²) >= 11 is 0.712. The minimum absolute atomic E-state index is 0.0270. The molecular formula is C21H28F2N4O4S. The third-order valence-electron chi connectivity index (χ3n) is 4.56. The Bertz CT molecular complexity index is 914. The van der Waals surface area contributed by atoms with Crippen LogP contribution in [0, 0.1) is 18.6 Å². The highest BCUT2D eigenvalue weighted by atomic mass is 32.1. The second kappa shape index (κ2) is 12.3. The smallest absolute Gasteiger partial charge is 0.344 e. The number of halogens is 2. The number of carboxylic acids is 1. The van der Waals surface area contributed by atoms with E-state index in [1.807, 2.05) is 14.1 Å². The number of hydrogen-bond donors (Lipinski definition) is 3. The Hall–Kier alpha value is -2.79. The Kier molecular flexibility index (Phi) is 9.79. The van der Waals surface area contributed by atoms with Crippen LogP contribution >= 0.6 is 11.5 Å². The van der Waals surface area contributed by atoms with Crippen LogP contribution in [0.4, 0.5) is 18.6 Å². The number of urea groups is 1. The number of nitrogens with one attached hydrogen (secondary N) is 2. The molecule has 11 heteroatoms. The summed E-state index contributed by atoms with van der Waals surface area (Å²) in [6.07, 6.45) is 3.92. The van der Waals surface area contributed by atoms with Gasteiger partial charge in [0.2, 0.25) is 5.88 Å². The largest absolute Gasteiger partial charge is 0.477 e. The van der Waals surface area contributed by atoms with Crippen LogP contribution in [-0.2, 0) is 6.61 Å². The van der Waals surface area contributed by atoms with Crippen molar-refractivity contribution in [3.05, 3.63) is 40.5 Å². The average Bonchev–Trinajstić information content (AvgIpc) is 3.08. The third kappa shape index (κ3) is 7.72. The van der Waals surface area contributed by atoms with Crippen molar-refractivity contribution in [2.75, 3.05) is 32.5 Å². The number of nitrogens with zero attached hydrogens (tertiary/aromatic N) is 2. The molecule has 1 aromatic heterocycles. The van der Waals surface area contributed by atoms with Crippen molar-refractivity contribution in [3.63, 3.8) is 0 Å². The fourth-order valence-electron chi connectivity index (χ4n) is 2.91. The van der Waals surface area contributed by atoms with Crippen LogP contribution < -0.4 is 15.4 Å². The van der Waals surface area contributed by atoms with Crippen molar-refractivity contribution >= 4 is 28.5 Å². The minimum atomic E-state index is -1.38. The van der Waals surface area contributed by atoms with E-state index in [0.29, 0.717) is 23.6 Å². The minimum Gasteiger partial charge on any atom is -0.477 e. The molecule has 8 nitrogen and oxygen atoms in total. The molecule has 32 heavy (non-hydrogen) atoms. The van der Waals surface area contributed by atoms with Gasteiger partial charge in [-0.15, -0.1) is 0 Å². The van der Waals surface area contributed by atoms with Gasteiger partial charge in [-0.05, 0) is 69.6 Å². The summed E-state index contributed by atoms with van der Waals surface area (Å²) in [6.45, 7) is 2.48. The second-order valence-electron chi connectivity index (χ2n) is 7.59. The first kappa shape index (κ1) is 25.5. The van der Waals surface area contributed by atoms with Crippen LogP contribution in [0.15, 0.2) is 12.1 Å². The third-order valence-corrected chi connectivity index (χ3v) is 5.30. The number of anilines is 1. The lowest BCUT2D eigenvalue weighted by Gasteiger charge is -2.09. The van der Waals surface area contributed by atoms with Crippen molar-refractivity contribution in [2.24, 2.45) is 0 Å². The molecule has 1 heterocycles. The lowest BCUT2D eigenvalue weighted by Crippen LogP contribution is -2.29. The maximum atomic E-state index is 14.0. The number of aryl methyl sites for hydroxylation is 1. The lowest BCUT2D eigenvalue weighted by molar-refractivity contribution is 0.0693. The molecule has 0 saturated heterocycles. The molecule has 3 N–H and O–H groups in total. The predicted octanol–water partition coefficient (Wildman–Crippen LogP) is 4.25. The summed E-state index contributed by atoms with van der Waals surface area (Å²) < 4.78 is 37.1. The average molecular weight is 471 g/mol. The first-order valence-electron chi connectivity index (χ1n) is 10.2. The highest BCUT2D eigenvalue weighted by molar-refractivity contribution is 7.11. The molecule has 0 radical (unpaired) electrons. The lowest BCUT2D eigenvalue weighted by atomic mass is 10.1. The van der Waals surface area contributed by atoms with Gasteiger partial charge in [0.25, 0.3) is 0 Å². The van der Waals surface area contributed by atoms with Gasteiger partial charge in [-0.25, -0.2) is 18.4 Å². The number of hydrogen-bond acceptors (Lipinski definition) is 6. The second-order valence-corrected chi connectivity index (χ2v) is 8.36. The molecular weight excluding hydrogens is 442 g/mol. The van der Waals surface area contributed by atoms with Crippen molar-refractivity contribution in [3.8, 4) is 5.88 Å². The van der Waals surface area contributed by atoms with Crippen molar-refractivity contribution in [1.29, 1.82) is 0 Å². The van der Waals surface area contributed by atoms with Gasteiger partial charge in [-0.1, -0.05) is 12.8 Å². The maximum absolute atomic E-state index is 14.0. The molecule has 0 atom stereocenters. The van der Waals surface area contributed by atoms with Gasteiger partial charge in [0.05, 0.1) is 5.56 Å². The number of benzene rings is 1. The van der Waals surface area contributed by atoms with Gasteiger partial charge in [0, 0.05) is 6.54 Å². The van der Waals surface area contributed by atoms with Gasteiger partial charge < -0.3 is 20.1 Å². The molecule has 0 unspecified atom stereocenters. The van der Waals surface area contributed by atoms with E-state index in [0.717, 1.165) is 44.4 Å². The van der Waals surface area contributed by atoms with Crippen molar-refractivity contribution in [2.45, 2.75) is 39.2 Å². The van der Waals surface area contributed by atoms with Crippen LogP contribution in [0.25, 0.3) is 0 Å². The number of carbonyl (C=O) groups excluding carboxylic acids is 1. The van der Waals surface area contributed by atoms with E-state index in [9.17, 15) is 23.5 Å². The number of carboxylic acid groups (broad SMARTS) is 1. The molecule has 0 saturated carbocycles. The van der Waals surface area contributed by atoms with Crippen LogP contribution in [0.1, 0.15) is 47.2 Å². The van der Waals surface area contributed by atoms with E-state index in [1.165, 1.54) is 0 Å². The van der Waals surface area contributed by atoms with E-state index in [2.05, 4.69) is 19.9 Å². The zero-order valence-electron chi connectivity index (χ0n) is 18.3. The van der Waals surface area contributed by atoms with Gasteiger partial charge >= 0.3 is 12.0 Å². The van der Waals surface area contributed by atoms with Gasteiger partial charge in [-0.3, -0.25) is 5.32 Å². The molecule has 0 spiro atoms. The number of amides is 2. The Balaban J connectivity index is 1.90. The van der Waals surface area contributed by atoms with E-state index in [-0.39, 0.29) is 22.0 Å². The Labute approximate surface area is 189 Å². The highest BCUT2D eigenvalue weighted by Gasteiger charge is 2.24. The van der Waals surface area contributed by atoms with Crippen LogP contribution in [0.5, 0.6) is 5.88 Å². The van der Waals surface area contributed by atoms with E-state index >= 15 is 0 Å². The van der Waals surface area contributed by atoms with E-state index < -0.39 is 30.2 Å². The normalized spacial score (nSPS) is 10.9. The van der Waals surface area contributed by atoms with Gasteiger partial charge in [-0.2, -0.15) is 4.37 Å². The maximum Gasteiger partial charge on any atom is 0.344 e. The first-order valence-corrected chi connectivity index (χ1v) is 11.0. The standard InChI is InChI=1S/C21H28F2N4O4S/c1-13-10-15(22)14(16(23)11-13)12-31-18-17(20(28)29)19(32-26-18)25-21(30)24-8-6-4-5-7-9-27(2)3/h10-11H,4-9,12H2,1-3H3,(H,28,29)(H2,24,25,30). The number of unbranched alkanes of at least 4 members (excludes halogenated alkanes) is 3. The molecule has 0 aliphatic carbocycles. The van der Waals surface area contributed by atoms with E-state index in [4.69, 9.17) is 4.74 Å². The highest BCUT2D eigenvalue weighted by Crippen LogP contribution is 2.31. The van der Waals surface area contributed by atoms with Crippen LogP contribution in [0.3, 0.4) is 0 Å². The van der Waals surface area contributed by atoms with Crippen LogP contribution in [-0.4, -0.2) is 53.6 Å². The topological polar surface area (TPSA) is 104 Å². The molecule has 2 rings (SSSR count). The molecule has 1 aromatic carbocycles. The van der Waals surface area contributed by atoms with Crippen molar-refractivity contribution < 1.29 is 28.2 Å². The zero-order valence-corrected chi connectivity index (χ0v) is 19.2. The van der Waals surface area contributed by atoms with Gasteiger partial charge in [0.15, 0.2) is 5.56 Å². The molecule has 0 aliphatic rings. The number of rotatable bonds is 12. The summed E-state index contributed by atoms with van der Waals surface area (Å²) in [7, 11) is 4.04. The summed E-state index contributed by atoms with van der Waals surface area (Å²) in [5.41, 5.74) is -0.297. The molecule has 0 fully saturated rings. The summed E-state index contributed by atoms with van der Waals surface area (Å²) in [5.74, 6) is -3.30. The molecule has 0 aliphatic heterocycles. The summed E-state index contributed by atoms with van der Waals surface area (Å²) in [6, 6.07) is 1.74. The summed E-state index contributed by atoms with van der Waals surface area (Å²) in [5, 5.41) is 14.6. The monoisotopic (exact) mass is 470 g/mol. The number of aromatic carboxylic acids is 1. The Morgan fingerprint density at radius 2 is 1.81 bits per heavy atom. The first-order chi connectivity index (χ1) is 15.2. The number of carbonyl (C=O) groups is 2. The zero-order chi connectivity index (χ0) is 23.7. The SMILES string of the molecule is Cc1cc(F)c(COc2nsc(NC(=O)NCCCCCCN(C)C)c2C(=O)O)c(F)c1. The quantitative estimate of drug-likeness (QED) is 0.401. The fourth-order valence-corrected chi connectivity index (χ4v) is 3.63. The van der Waals surface area contributed by atoms with Crippen molar-refractivity contribution in [1.82, 2.24) is 14.6 Å².